The second-order valence-electron chi connectivity index (χ2n) is 10.8. The van der Waals surface area contributed by atoms with Crippen LogP contribution in [0.1, 0.15) is 36.8 Å². The average Bonchev–Trinajstić information content (AvgIpc) is 2.95. The number of nitrogens with zero attached hydrogens (tertiary/aromatic N) is 2. The lowest BCUT2D eigenvalue weighted by molar-refractivity contribution is -0.141. The Hall–Kier alpha value is -4.04. The number of nitrogens with one attached hydrogen (secondary N) is 1. The van der Waals surface area contributed by atoms with E-state index in [4.69, 9.17) is 5.73 Å². The Morgan fingerprint density at radius 2 is 1.68 bits per heavy atom. The minimum Gasteiger partial charge on any atom is -0.357 e. The Balaban J connectivity index is 0.000000346. The van der Waals surface area contributed by atoms with E-state index in [1.165, 1.54) is 65.5 Å². The molecule has 1 aliphatic carbocycles. The Labute approximate surface area is 242 Å². The molecule has 0 aromatic heterocycles. The smallest absolute Gasteiger partial charge is 0.246 e. The van der Waals surface area contributed by atoms with Gasteiger partial charge in [0, 0.05) is 33.1 Å². The van der Waals surface area contributed by atoms with Crippen LogP contribution in [0.15, 0.2) is 78.9 Å². The third-order valence-electron chi connectivity index (χ3n) is 7.54. The van der Waals surface area contributed by atoms with E-state index in [0.29, 0.717) is 6.42 Å². The lowest BCUT2D eigenvalue weighted by Crippen LogP contribution is -2.50. The maximum Gasteiger partial charge on any atom is 0.246 e. The van der Waals surface area contributed by atoms with Crippen LogP contribution < -0.4 is 11.1 Å². The number of nitrogens with two attached hydrogens (primary N) is 1. The van der Waals surface area contributed by atoms with Gasteiger partial charge in [-0.25, -0.2) is 4.39 Å². The van der Waals surface area contributed by atoms with Gasteiger partial charge in [-0.3, -0.25) is 14.4 Å². The molecule has 0 radical (unpaired) electrons. The van der Waals surface area contributed by atoms with Crippen LogP contribution in [0.4, 0.5) is 4.39 Å². The number of rotatable bonds is 9. The molecular weight excluding hydrogens is 519 g/mol. The van der Waals surface area contributed by atoms with Crippen molar-refractivity contribution < 1.29 is 18.8 Å². The zero-order valence-electron chi connectivity index (χ0n) is 24.4. The number of carbonyl (C=O) groups excluding carboxylic acids is 3. The molecule has 7 nitrogen and oxygen atoms in total. The van der Waals surface area contributed by atoms with Crippen molar-refractivity contribution in [3.63, 3.8) is 0 Å². The van der Waals surface area contributed by atoms with Crippen molar-refractivity contribution in [2.24, 2.45) is 5.73 Å². The van der Waals surface area contributed by atoms with Crippen LogP contribution in [0.25, 0.3) is 10.8 Å². The fourth-order valence-corrected chi connectivity index (χ4v) is 4.65. The van der Waals surface area contributed by atoms with Gasteiger partial charge in [-0.15, -0.1) is 0 Å². The summed E-state index contributed by atoms with van der Waals surface area (Å²) in [6, 6.07) is 19.9. The lowest BCUT2D eigenvalue weighted by atomic mass is 9.75. The van der Waals surface area contributed by atoms with Gasteiger partial charge in [0.15, 0.2) is 0 Å². The molecule has 0 bridgehead atoms. The molecule has 4 rings (SSSR count). The molecular formula is C33H41FN4O3. The van der Waals surface area contributed by atoms with Crippen molar-refractivity contribution in [1.82, 2.24) is 15.1 Å². The van der Waals surface area contributed by atoms with E-state index in [-0.39, 0.29) is 42.0 Å². The second kappa shape index (κ2) is 14.6. The second-order valence-corrected chi connectivity index (χ2v) is 10.8. The van der Waals surface area contributed by atoms with Gasteiger partial charge in [-0.05, 0) is 67.2 Å². The van der Waals surface area contributed by atoms with Crippen LogP contribution >= 0.6 is 0 Å². The van der Waals surface area contributed by atoms with Gasteiger partial charge < -0.3 is 20.9 Å². The molecule has 3 N–H and O–H groups in total. The normalized spacial score (nSPS) is 14.4. The van der Waals surface area contributed by atoms with Crippen molar-refractivity contribution in [2.45, 2.75) is 50.6 Å². The Kier molecular flexibility index (Phi) is 11.2. The summed E-state index contributed by atoms with van der Waals surface area (Å²) in [6.45, 7) is 1.96. The first-order valence-corrected chi connectivity index (χ1v) is 13.9. The minimum absolute atomic E-state index is 0.162. The van der Waals surface area contributed by atoms with Crippen LogP contribution in [0.5, 0.6) is 0 Å². The largest absolute Gasteiger partial charge is 0.357 e. The number of carbonyl (C=O) groups is 3. The van der Waals surface area contributed by atoms with E-state index < -0.39 is 6.04 Å². The van der Waals surface area contributed by atoms with E-state index in [0.717, 1.165) is 24.8 Å². The average molecular weight is 561 g/mol. The maximum absolute atomic E-state index is 13.1. The number of amides is 3. The molecule has 3 aromatic rings. The van der Waals surface area contributed by atoms with Crippen molar-refractivity contribution >= 4 is 28.5 Å². The quantitative estimate of drug-likeness (QED) is 0.380. The highest BCUT2D eigenvalue weighted by molar-refractivity contribution is 5.93. The Bertz CT molecular complexity index is 1370. The first-order valence-electron chi connectivity index (χ1n) is 13.9. The highest BCUT2D eigenvalue weighted by Crippen LogP contribution is 2.32. The summed E-state index contributed by atoms with van der Waals surface area (Å²) in [5, 5.41) is 5.20. The summed E-state index contributed by atoms with van der Waals surface area (Å²) in [4.78, 5) is 39.9. The summed E-state index contributed by atoms with van der Waals surface area (Å²) in [6.07, 6.45) is 7.10. The number of fused-ring (bicyclic) bond motifs is 1. The van der Waals surface area contributed by atoms with Crippen molar-refractivity contribution in [1.29, 1.82) is 0 Å². The zero-order valence-corrected chi connectivity index (χ0v) is 24.4. The van der Waals surface area contributed by atoms with E-state index in [2.05, 4.69) is 54.7 Å². The van der Waals surface area contributed by atoms with E-state index in [9.17, 15) is 18.8 Å². The molecule has 1 saturated carbocycles. The summed E-state index contributed by atoms with van der Waals surface area (Å²) >= 11 is 0. The van der Waals surface area contributed by atoms with Gasteiger partial charge in [0.25, 0.3) is 0 Å². The summed E-state index contributed by atoms with van der Waals surface area (Å²) in [7, 11) is 4.55. The minimum atomic E-state index is -0.775. The highest BCUT2D eigenvalue weighted by atomic mass is 19.1. The fourth-order valence-electron chi connectivity index (χ4n) is 4.65. The third-order valence-corrected chi connectivity index (χ3v) is 7.54. The van der Waals surface area contributed by atoms with Gasteiger partial charge in [0.2, 0.25) is 17.7 Å². The molecule has 0 spiro atoms. The molecule has 0 aliphatic heterocycles. The van der Waals surface area contributed by atoms with Gasteiger partial charge in [0.05, 0.1) is 6.54 Å². The first kappa shape index (κ1) is 31.5. The number of hydrogen-bond donors (Lipinski definition) is 2. The highest BCUT2D eigenvalue weighted by Gasteiger charge is 2.31. The standard InChI is InChI=1S/C22H31FN4O3.C11H10/c1-25-21(30)18(14-16-7-9-17(23)10-8-16)27(3)20(29)15-26(2)19(28)6-4-11-22(24)12-5-13-22;1-9-6-7-10-4-2-3-5-11(10)8-9/h4,6-10,18H,5,11-15,24H2,1-3H3,(H,25,30);2-8H,1H3/b6-4+;. The Morgan fingerprint density at radius 1 is 1.02 bits per heavy atom. The predicted octanol–water partition coefficient (Wildman–Crippen LogP) is 4.38. The Morgan fingerprint density at radius 3 is 2.29 bits per heavy atom. The van der Waals surface area contributed by atoms with E-state index in [1.54, 1.807) is 18.2 Å². The van der Waals surface area contributed by atoms with Gasteiger partial charge in [-0.1, -0.05) is 66.2 Å². The topological polar surface area (TPSA) is 95.7 Å². The predicted molar refractivity (Wildman–Crippen MR) is 162 cm³/mol. The van der Waals surface area contributed by atoms with Gasteiger partial charge in [-0.2, -0.15) is 0 Å². The molecule has 1 atom stereocenters. The van der Waals surface area contributed by atoms with Crippen molar-refractivity contribution in [2.75, 3.05) is 27.7 Å². The van der Waals surface area contributed by atoms with Crippen molar-refractivity contribution in [3.8, 4) is 0 Å². The number of hydrogen-bond acceptors (Lipinski definition) is 4. The molecule has 3 aromatic carbocycles. The number of aryl methyl sites for hydroxylation is 1. The molecule has 0 saturated heterocycles. The van der Waals surface area contributed by atoms with Crippen LogP contribution in [0, 0.1) is 12.7 Å². The molecule has 8 heteroatoms. The fraction of sp³-hybridized carbons (Fsp3) is 0.364. The number of likely N-dealkylation sites (N-methyl/N-ethyl adjacent to an activating group) is 3. The number of benzene rings is 3. The van der Waals surface area contributed by atoms with Gasteiger partial charge >= 0.3 is 0 Å². The summed E-state index contributed by atoms with van der Waals surface area (Å²) in [5.41, 5.74) is 7.98. The molecule has 218 valence electrons. The first-order chi connectivity index (χ1) is 19.5. The molecule has 0 heterocycles. The third kappa shape index (κ3) is 9.25. The van der Waals surface area contributed by atoms with E-state index >= 15 is 0 Å². The molecule has 1 fully saturated rings. The van der Waals surface area contributed by atoms with Crippen LogP contribution in [-0.4, -0.2) is 66.8 Å². The summed E-state index contributed by atoms with van der Waals surface area (Å²) < 4.78 is 13.1. The van der Waals surface area contributed by atoms with E-state index in [1.807, 2.05) is 0 Å². The monoisotopic (exact) mass is 560 g/mol. The number of halogens is 1. The van der Waals surface area contributed by atoms with Crippen LogP contribution in [-0.2, 0) is 20.8 Å². The van der Waals surface area contributed by atoms with Crippen molar-refractivity contribution in [3.05, 3.63) is 95.8 Å². The molecule has 3 amide bonds. The van der Waals surface area contributed by atoms with Gasteiger partial charge in [0.1, 0.15) is 11.9 Å². The van der Waals surface area contributed by atoms with Crippen LogP contribution in [0.3, 0.4) is 0 Å². The lowest BCUT2D eigenvalue weighted by Gasteiger charge is -2.37. The summed E-state index contributed by atoms with van der Waals surface area (Å²) in [5.74, 6) is -1.37. The molecule has 1 aliphatic rings. The SMILES string of the molecule is CNC(=O)C(Cc1ccc(F)cc1)N(C)C(=O)CN(C)C(=O)/C=C/CC1(N)CCC1.Cc1ccc2ccccc2c1. The molecule has 41 heavy (non-hydrogen) atoms. The molecule has 1 unspecified atom stereocenters. The maximum atomic E-state index is 13.1. The zero-order chi connectivity index (χ0) is 30.0. The van der Waals surface area contributed by atoms with Crippen LogP contribution in [0.2, 0.25) is 0 Å².